The summed E-state index contributed by atoms with van der Waals surface area (Å²) >= 11 is 0. The summed E-state index contributed by atoms with van der Waals surface area (Å²) in [7, 11) is 1.53. The van der Waals surface area contributed by atoms with Gasteiger partial charge in [-0.15, -0.1) is 0 Å². The van der Waals surface area contributed by atoms with Gasteiger partial charge in [-0.25, -0.2) is 0 Å². The molecule has 1 saturated heterocycles. The second-order valence-electron chi connectivity index (χ2n) is 5.62. The summed E-state index contributed by atoms with van der Waals surface area (Å²) < 4.78 is 48.6. The molecule has 0 aliphatic carbocycles. The van der Waals surface area contributed by atoms with Gasteiger partial charge in [0.05, 0.1) is 13.0 Å². The van der Waals surface area contributed by atoms with E-state index in [-0.39, 0.29) is 37.6 Å². The molecule has 1 aromatic heterocycles. The van der Waals surface area contributed by atoms with Gasteiger partial charge in [0.2, 0.25) is 0 Å². The van der Waals surface area contributed by atoms with E-state index in [0.717, 1.165) is 5.39 Å². The number of rotatable bonds is 2. The Balaban J connectivity index is 1.74. The lowest BCUT2D eigenvalue weighted by molar-refractivity contribution is -0.183. The molecule has 1 amide bonds. The summed E-state index contributed by atoms with van der Waals surface area (Å²) in [6, 6.07) is 6.79. The number of furan rings is 1. The van der Waals surface area contributed by atoms with Gasteiger partial charge in [0, 0.05) is 24.5 Å². The average Bonchev–Trinajstić information content (AvgIpc) is 2.96. The van der Waals surface area contributed by atoms with Gasteiger partial charge >= 0.3 is 6.18 Å². The van der Waals surface area contributed by atoms with Gasteiger partial charge in [-0.05, 0) is 31.0 Å². The maximum Gasteiger partial charge on any atom is 0.391 e. The highest BCUT2D eigenvalue weighted by molar-refractivity contribution is 5.96. The van der Waals surface area contributed by atoms with Crippen LogP contribution in [0.2, 0.25) is 0 Å². The number of alkyl halides is 3. The number of hydrogen-bond donors (Lipinski definition) is 0. The standard InChI is InChI=1S/C16H16F3NO3/c1-22-12-3-2-10-8-14(23-13(10)9-12)15(21)20-6-4-11(5-7-20)16(17,18)19/h2-3,8-9,11H,4-7H2,1H3. The lowest BCUT2D eigenvalue weighted by Crippen LogP contribution is -2.42. The highest BCUT2D eigenvalue weighted by Gasteiger charge is 2.42. The number of carbonyl (C=O) groups is 1. The van der Waals surface area contributed by atoms with Gasteiger partial charge in [-0.2, -0.15) is 13.2 Å². The van der Waals surface area contributed by atoms with Crippen molar-refractivity contribution in [3.8, 4) is 5.75 Å². The van der Waals surface area contributed by atoms with E-state index in [9.17, 15) is 18.0 Å². The molecule has 1 aliphatic rings. The number of ether oxygens (including phenoxy) is 1. The van der Waals surface area contributed by atoms with Crippen molar-refractivity contribution in [2.45, 2.75) is 19.0 Å². The molecule has 7 heteroatoms. The predicted octanol–water partition coefficient (Wildman–Crippen LogP) is 3.86. The number of piperidine rings is 1. The SMILES string of the molecule is COc1ccc2cc(C(=O)N3CCC(C(F)(F)F)CC3)oc2c1. The van der Waals surface area contributed by atoms with Crippen LogP contribution in [-0.2, 0) is 0 Å². The molecule has 1 aromatic carbocycles. The average molecular weight is 327 g/mol. The Morgan fingerprint density at radius 1 is 1.26 bits per heavy atom. The minimum Gasteiger partial charge on any atom is -0.497 e. The van der Waals surface area contributed by atoms with Crippen LogP contribution in [0.3, 0.4) is 0 Å². The lowest BCUT2D eigenvalue weighted by atomic mass is 9.96. The number of likely N-dealkylation sites (tertiary alicyclic amines) is 1. The molecule has 0 spiro atoms. The van der Waals surface area contributed by atoms with E-state index in [4.69, 9.17) is 9.15 Å². The second kappa shape index (κ2) is 5.79. The predicted molar refractivity (Wildman–Crippen MR) is 77.4 cm³/mol. The van der Waals surface area contributed by atoms with Gasteiger partial charge in [-0.1, -0.05) is 0 Å². The highest BCUT2D eigenvalue weighted by Crippen LogP contribution is 2.34. The van der Waals surface area contributed by atoms with Gasteiger partial charge in [0.1, 0.15) is 11.3 Å². The van der Waals surface area contributed by atoms with E-state index in [1.54, 1.807) is 24.3 Å². The Hall–Kier alpha value is -2.18. The minimum atomic E-state index is -4.19. The van der Waals surface area contributed by atoms with E-state index in [1.807, 2.05) is 0 Å². The van der Waals surface area contributed by atoms with Crippen molar-refractivity contribution in [2.24, 2.45) is 5.92 Å². The van der Waals surface area contributed by atoms with Crippen molar-refractivity contribution in [3.05, 3.63) is 30.0 Å². The van der Waals surface area contributed by atoms with Crippen LogP contribution in [0.15, 0.2) is 28.7 Å². The normalized spacial score (nSPS) is 16.8. The van der Waals surface area contributed by atoms with Crippen LogP contribution < -0.4 is 4.74 Å². The molecule has 3 rings (SSSR count). The number of hydrogen-bond acceptors (Lipinski definition) is 3. The fraction of sp³-hybridized carbons (Fsp3) is 0.438. The molecule has 2 heterocycles. The van der Waals surface area contributed by atoms with Crippen molar-refractivity contribution in [1.82, 2.24) is 4.90 Å². The molecular weight excluding hydrogens is 311 g/mol. The lowest BCUT2D eigenvalue weighted by Gasteiger charge is -2.32. The first kappa shape index (κ1) is 15.7. The maximum absolute atomic E-state index is 12.7. The Morgan fingerprint density at radius 2 is 1.96 bits per heavy atom. The van der Waals surface area contributed by atoms with Crippen LogP contribution in [0.1, 0.15) is 23.4 Å². The third-order valence-electron chi connectivity index (χ3n) is 4.18. The van der Waals surface area contributed by atoms with Crippen molar-refractivity contribution >= 4 is 16.9 Å². The molecule has 124 valence electrons. The van der Waals surface area contributed by atoms with E-state index >= 15 is 0 Å². The molecule has 0 saturated carbocycles. The van der Waals surface area contributed by atoms with Crippen LogP contribution in [0.4, 0.5) is 13.2 Å². The van der Waals surface area contributed by atoms with Crippen LogP contribution in [0, 0.1) is 5.92 Å². The zero-order chi connectivity index (χ0) is 16.6. The molecule has 4 nitrogen and oxygen atoms in total. The van der Waals surface area contributed by atoms with Crippen molar-refractivity contribution in [2.75, 3.05) is 20.2 Å². The number of benzene rings is 1. The Bertz CT molecular complexity index is 715. The minimum absolute atomic E-state index is 0.0662. The molecule has 2 aromatic rings. The number of halogens is 3. The van der Waals surface area contributed by atoms with E-state index in [1.165, 1.54) is 12.0 Å². The van der Waals surface area contributed by atoms with Gasteiger partial charge in [-0.3, -0.25) is 4.79 Å². The first-order valence-electron chi connectivity index (χ1n) is 7.32. The summed E-state index contributed by atoms with van der Waals surface area (Å²) in [6.07, 6.45) is -4.32. The third kappa shape index (κ3) is 3.13. The monoisotopic (exact) mass is 327 g/mol. The Morgan fingerprint density at radius 3 is 2.57 bits per heavy atom. The number of carbonyl (C=O) groups excluding carboxylic acids is 1. The maximum atomic E-state index is 12.7. The quantitative estimate of drug-likeness (QED) is 0.841. The topological polar surface area (TPSA) is 42.7 Å². The summed E-state index contributed by atoms with van der Waals surface area (Å²) in [6.45, 7) is 0.173. The molecule has 1 aliphatic heterocycles. The smallest absolute Gasteiger partial charge is 0.391 e. The summed E-state index contributed by atoms with van der Waals surface area (Å²) in [5.41, 5.74) is 0.512. The van der Waals surface area contributed by atoms with E-state index < -0.39 is 12.1 Å². The zero-order valence-corrected chi connectivity index (χ0v) is 12.5. The number of amides is 1. The molecule has 0 N–H and O–H groups in total. The molecule has 0 bridgehead atoms. The largest absolute Gasteiger partial charge is 0.497 e. The van der Waals surface area contributed by atoms with Crippen LogP contribution in [0.5, 0.6) is 5.75 Å². The van der Waals surface area contributed by atoms with Crippen LogP contribution in [-0.4, -0.2) is 37.2 Å². The number of nitrogens with zero attached hydrogens (tertiary/aromatic N) is 1. The van der Waals surface area contributed by atoms with E-state index in [2.05, 4.69) is 0 Å². The summed E-state index contributed by atoms with van der Waals surface area (Å²) in [5, 5.41) is 0.749. The number of fused-ring (bicyclic) bond motifs is 1. The summed E-state index contributed by atoms with van der Waals surface area (Å²) in [5.74, 6) is -0.956. The molecule has 23 heavy (non-hydrogen) atoms. The van der Waals surface area contributed by atoms with Gasteiger partial charge in [0.15, 0.2) is 5.76 Å². The molecule has 0 unspecified atom stereocenters. The van der Waals surface area contributed by atoms with Gasteiger partial charge < -0.3 is 14.1 Å². The zero-order valence-electron chi connectivity index (χ0n) is 12.5. The third-order valence-corrected chi connectivity index (χ3v) is 4.18. The first-order valence-corrected chi connectivity index (χ1v) is 7.32. The molecule has 1 fully saturated rings. The van der Waals surface area contributed by atoms with Crippen molar-refractivity contribution in [1.29, 1.82) is 0 Å². The van der Waals surface area contributed by atoms with Crippen LogP contribution >= 0.6 is 0 Å². The Kier molecular flexibility index (Phi) is 3.95. The van der Waals surface area contributed by atoms with Crippen LogP contribution in [0.25, 0.3) is 11.0 Å². The van der Waals surface area contributed by atoms with Gasteiger partial charge in [0.25, 0.3) is 5.91 Å². The first-order chi connectivity index (χ1) is 10.9. The van der Waals surface area contributed by atoms with Crippen molar-refractivity contribution in [3.63, 3.8) is 0 Å². The number of methoxy groups -OCH3 is 1. The second-order valence-corrected chi connectivity index (χ2v) is 5.62. The Labute approximate surface area is 130 Å². The molecule has 0 radical (unpaired) electrons. The fourth-order valence-corrected chi connectivity index (χ4v) is 2.81. The summed E-state index contributed by atoms with van der Waals surface area (Å²) in [4.78, 5) is 13.8. The highest BCUT2D eigenvalue weighted by atomic mass is 19.4. The van der Waals surface area contributed by atoms with E-state index in [0.29, 0.717) is 11.3 Å². The molecule has 0 atom stereocenters. The fourth-order valence-electron chi connectivity index (χ4n) is 2.81. The van der Waals surface area contributed by atoms with Crippen molar-refractivity contribution < 1.29 is 27.1 Å². The molecular formula is C16H16F3NO3.